The molecule has 2 atom stereocenters. The first-order chi connectivity index (χ1) is 20.3. The zero-order chi connectivity index (χ0) is 29.5. The maximum atomic E-state index is 13.4. The zero-order valence-electron chi connectivity index (χ0n) is 23.4. The van der Waals surface area contributed by atoms with Gasteiger partial charge in [-0.25, -0.2) is 0 Å². The van der Waals surface area contributed by atoms with Crippen LogP contribution in [0, 0.1) is 0 Å². The van der Waals surface area contributed by atoms with Crippen molar-refractivity contribution in [1.29, 1.82) is 0 Å². The van der Waals surface area contributed by atoms with Crippen molar-refractivity contribution in [3.05, 3.63) is 73.1 Å². The summed E-state index contributed by atoms with van der Waals surface area (Å²) in [4.78, 5) is 43.2. The Kier molecular flexibility index (Phi) is 8.37. The quantitative estimate of drug-likeness (QED) is 0.208. The Morgan fingerprint density at radius 1 is 1.17 bits per heavy atom. The molecule has 1 saturated carbocycles. The Hall–Kier alpha value is -2.86. The first-order valence-electron chi connectivity index (χ1n) is 14.1. The topological polar surface area (TPSA) is 82.8 Å². The molecule has 3 aromatic rings. The molecule has 2 aliphatic heterocycles. The smallest absolute Gasteiger partial charge is 0.323 e. The second-order valence-corrected chi connectivity index (χ2v) is 14.6. The lowest BCUT2D eigenvalue weighted by Crippen LogP contribution is -2.35. The summed E-state index contributed by atoms with van der Waals surface area (Å²) in [6, 6.07) is 15.7. The molecule has 0 spiro atoms. The van der Waals surface area contributed by atoms with Gasteiger partial charge in [0.25, 0.3) is 11.5 Å². The number of thioether (sulfide) groups is 2. The summed E-state index contributed by atoms with van der Waals surface area (Å²) in [5.41, 5.74) is 4.18. The minimum absolute atomic E-state index is 0.290. The molecule has 0 radical (unpaired) electrons. The Morgan fingerprint density at radius 3 is 2.64 bits per heavy atom. The lowest BCUT2D eigenvalue weighted by atomic mass is 9.96. The van der Waals surface area contributed by atoms with Crippen LogP contribution in [0.4, 0.5) is 11.4 Å². The molecular weight excluding hydrogens is 607 g/mol. The number of aliphatic carboxylic acids is 1. The number of anilines is 2. The van der Waals surface area contributed by atoms with Crippen molar-refractivity contribution in [3.63, 3.8) is 0 Å². The van der Waals surface area contributed by atoms with Crippen molar-refractivity contribution in [2.24, 2.45) is 0 Å². The molecule has 3 aliphatic rings. The first-order valence-corrected chi connectivity index (χ1v) is 17.1. The second-order valence-electron chi connectivity index (χ2n) is 10.8. The van der Waals surface area contributed by atoms with E-state index in [4.69, 9.17) is 12.2 Å². The predicted molar refractivity (Wildman–Crippen MR) is 176 cm³/mol. The van der Waals surface area contributed by atoms with Gasteiger partial charge in [-0.05, 0) is 78.6 Å². The molecule has 3 heterocycles. The lowest BCUT2D eigenvalue weighted by molar-refractivity contribution is -0.137. The highest BCUT2D eigenvalue weighted by Gasteiger charge is 2.42. The molecule has 1 aromatic heterocycles. The van der Waals surface area contributed by atoms with E-state index in [0.29, 0.717) is 30.4 Å². The van der Waals surface area contributed by atoms with Gasteiger partial charge in [0.15, 0.2) is 0 Å². The fourth-order valence-electron chi connectivity index (χ4n) is 6.03. The number of thiocarbonyl (C=S) groups is 1. The third-order valence-corrected chi connectivity index (χ3v) is 12.0. The Balaban J connectivity index is 1.38. The molecule has 0 bridgehead atoms. The van der Waals surface area contributed by atoms with Crippen molar-refractivity contribution in [2.45, 2.75) is 62.4 Å². The highest BCUT2D eigenvalue weighted by molar-refractivity contribution is 8.30. The summed E-state index contributed by atoms with van der Waals surface area (Å²) in [5, 5.41) is 9.49. The number of fused-ring (bicyclic) bond motifs is 3. The number of nitrogens with zero attached hydrogens (tertiary/aromatic N) is 3. The van der Waals surface area contributed by atoms with E-state index in [-0.39, 0.29) is 5.91 Å². The average molecular weight is 638 g/mol. The summed E-state index contributed by atoms with van der Waals surface area (Å²) in [6.45, 7) is 1.69. The molecule has 1 saturated heterocycles. The number of carbonyl (C=O) groups excluding carboxylic acids is 1. The molecule has 42 heavy (non-hydrogen) atoms. The van der Waals surface area contributed by atoms with E-state index in [2.05, 4.69) is 48.2 Å². The molecular formula is C31H31N3O4S4. The molecule has 6 rings (SSSR count). The van der Waals surface area contributed by atoms with E-state index in [1.165, 1.54) is 50.6 Å². The normalized spacial score (nSPS) is 21.4. The maximum Gasteiger partial charge on any atom is 0.323 e. The highest BCUT2D eigenvalue weighted by Crippen LogP contribution is 2.52. The van der Waals surface area contributed by atoms with Crippen molar-refractivity contribution in [1.82, 2.24) is 9.47 Å². The van der Waals surface area contributed by atoms with Gasteiger partial charge in [-0.15, -0.1) is 23.1 Å². The van der Waals surface area contributed by atoms with E-state index < -0.39 is 18.1 Å². The van der Waals surface area contributed by atoms with Gasteiger partial charge < -0.3 is 10.0 Å². The molecule has 2 unspecified atom stereocenters. The number of carboxylic acid groups (broad SMARTS) is 1. The van der Waals surface area contributed by atoms with Gasteiger partial charge in [0.1, 0.15) is 20.4 Å². The molecule has 2 aromatic carbocycles. The van der Waals surface area contributed by atoms with E-state index in [9.17, 15) is 19.5 Å². The second kappa shape index (κ2) is 12.0. The largest absolute Gasteiger partial charge is 0.480 e. The fourth-order valence-corrected chi connectivity index (χ4v) is 9.46. The van der Waals surface area contributed by atoms with Crippen LogP contribution in [0.3, 0.4) is 0 Å². The van der Waals surface area contributed by atoms with Gasteiger partial charge in [-0.1, -0.05) is 49.8 Å². The van der Waals surface area contributed by atoms with Crippen molar-refractivity contribution >= 4 is 85.6 Å². The van der Waals surface area contributed by atoms with E-state index >= 15 is 0 Å². The summed E-state index contributed by atoms with van der Waals surface area (Å²) < 4.78 is 2.27. The number of aromatic nitrogens is 1. The van der Waals surface area contributed by atoms with Gasteiger partial charge in [-0.2, -0.15) is 0 Å². The maximum absolute atomic E-state index is 13.4. The van der Waals surface area contributed by atoms with Crippen LogP contribution in [0.25, 0.3) is 11.0 Å². The van der Waals surface area contributed by atoms with Crippen molar-refractivity contribution in [3.8, 4) is 0 Å². The molecule has 218 valence electrons. The lowest BCUT2D eigenvalue weighted by Gasteiger charge is -2.27. The number of benzene rings is 2. The van der Waals surface area contributed by atoms with E-state index in [0.717, 1.165) is 47.3 Å². The number of thiazole rings is 1. The summed E-state index contributed by atoms with van der Waals surface area (Å²) in [6.07, 6.45) is 7.68. The Morgan fingerprint density at radius 2 is 1.95 bits per heavy atom. The summed E-state index contributed by atoms with van der Waals surface area (Å²) >= 11 is 9.41. The monoisotopic (exact) mass is 637 g/mol. The Labute approximate surface area is 261 Å². The number of amides is 1. The minimum atomic E-state index is -1.15. The molecule has 7 nitrogen and oxygen atoms in total. The SMILES string of the molecule is CCCCSc1ccc(N2c3ccc(C=c4sc(=C5SC(=S)N(C)C5=O)n(CC(=O)O)c4=O)cc3C3CCCC32)cc1. The number of carboxylic acids is 1. The first kappa shape index (κ1) is 29.2. The minimum Gasteiger partial charge on any atom is -0.480 e. The summed E-state index contributed by atoms with van der Waals surface area (Å²) in [7, 11) is 1.58. The van der Waals surface area contributed by atoms with Crippen LogP contribution in [0.15, 0.2) is 52.2 Å². The van der Waals surface area contributed by atoms with Crippen LogP contribution in [0.2, 0.25) is 0 Å². The van der Waals surface area contributed by atoms with Gasteiger partial charge >= 0.3 is 5.97 Å². The van der Waals surface area contributed by atoms with Gasteiger partial charge in [0.05, 0.1) is 4.53 Å². The summed E-state index contributed by atoms with van der Waals surface area (Å²) in [5.74, 6) is 0.0917. The van der Waals surface area contributed by atoms with Gasteiger partial charge in [0, 0.05) is 35.3 Å². The van der Waals surface area contributed by atoms with Gasteiger partial charge in [-0.3, -0.25) is 23.9 Å². The van der Waals surface area contributed by atoms with E-state index in [1.54, 1.807) is 7.05 Å². The van der Waals surface area contributed by atoms with Crippen LogP contribution in [-0.4, -0.2) is 49.6 Å². The molecule has 1 aliphatic carbocycles. The average Bonchev–Trinajstić information content (AvgIpc) is 3.70. The van der Waals surface area contributed by atoms with E-state index in [1.807, 2.05) is 23.9 Å². The van der Waals surface area contributed by atoms with Gasteiger partial charge in [0.2, 0.25) is 0 Å². The third-order valence-electron chi connectivity index (χ3n) is 8.06. The molecule has 1 N–H and O–H groups in total. The Bertz CT molecular complexity index is 1760. The van der Waals surface area contributed by atoms with Crippen LogP contribution in [0.1, 0.15) is 56.1 Å². The standard InChI is InChI=1S/C31H31N3O4S4/c1-3-4-14-40-20-11-9-19(10-12-20)34-23-7-5-6-21(23)22-15-18(8-13-24(22)34)16-25-28(37)33(17-26(35)36)30(41-25)27-29(38)32(2)31(39)42-27/h8-13,15-16,21,23H,3-7,14,17H2,1-2H3,(H,35,36). The number of hydrogen-bond donors (Lipinski definition) is 1. The predicted octanol–water partition coefficient (Wildman–Crippen LogP) is 5.10. The highest BCUT2D eigenvalue weighted by atomic mass is 32.2. The van der Waals surface area contributed by atoms with Crippen LogP contribution in [0.5, 0.6) is 0 Å². The number of rotatable bonds is 8. The molecule has 1 amide bonds. The van der Waals surface area contributed by atoms with Crippen molar-refractivity contribution in [2.75, 3.05) is 17.7 Å². The van der Waals surface area contributed by atoms with Crippen molar-refractivity contribution < 1.29 is 14.7 Å². The third kappa shape index (κ3) is 5.36. The van der Waals surface area contributed by atoms with Crippen LogP contribution in [-0.2, 0) is 16.1 Å². The molecule has 11 heteroatoms. The zero-order valence-corrected chi connectivity index (χ0v) is 26.6. The van der Waals surface area contributed by atoms with Crippen LogP contribution >= 0.6 is 47.1 Å². The molecule has 2 fully saturated rings. The number of carbonyl (C=O) groups is 2. The van der Waals surface area contributed by atoms with Crippen LogP contribution < -0.4 is 19.7 Å². The number of unbranched alkanes of at least 4 members (excludes halogenated alkanes) is 1. The number of hydrogen-bond acceptors (Lipinski definition) is 8. The fraction of sp³-hybridized carbons (Fsp3) is 0.355.